The van der Waals surface area contributed by atoms with E-state index in [1.807, 2.05) is 67.3 Å². The average molecular weight is 352 g/mol. The highest BCUT2D eigenvalue weighted by molar-refractivity contribution is 5.95. The largest absolute Gasteiger partial charge is 0.484 e. The zero-order valence-electron chi connectivity index (χ0n) is 15.3. The number of nitrogens with zero attached hydrogens (tertiary/aromatic N) is 2. The highest BCUT2D eigenvalue weighted by Crippen LogP contribution is 2.14. The van der Waals surface area contributed by atoms with E-state index in [1.165, 1.54) is 0 Å². The smallest absolute Gasteiger partial charge is 0.260 e. The minimum absolute atomic E-state index is 0.0230. The Bertz CT molecular complexity index is 795. The normalized spacial score (nSPS) is 14.2. The van der Waals surface area contributed by atoms with Gasteiger partial charge >= 0.3 is 0 Å². The molecule has 0 atom stereocenters. The lowest BCUT2D eigenvalue weighted by molar-refractivity contribution is -0.134. The molecule has 26 heavy (non-hydrogen) atoms. The molecule has 2 aromatic rings. The first-order valence-corrected chi connectivity index (χ1v) is 8.87. The number of ether oxygens (including phenoxy) is 1. The van der Waals surface area contributed by atoms with Crippen LogP contribution < -0.4 is 4.74 Å². The highest BCUT2D eigenvalue weighted by atomic mass is 16.5. The van der Waals surface area contributed by atoms with Gasteiger partial charge in [0.15, 0.2) is 6.61 Å². The number of hydrogen-bond donors (Lipinski definition) is 0. The van der Waals surface area contributed by atoms with Gasteiger partial charge in [-0.25, -0.2) is 0 Å². The molecule has 5 nitrogen and oxygen atoms in total. The lowest BCUT2D eigenvalue weighted by atomic mass is 10.1. The van der Waals surface area contributed by atoms with E-state index in [0.717, 1.165) is 16.7 Å². The predicted molar refractivity (Wildman–Crippen MR) is 100 cm³/mol. The molecule has 0 radical (unpaired) electrons. The van der Waals surface area contributed by atoms with Crippen LogP contribution in [0.4, 0.5) is 0 Å². The quantitative estimate of drug-likeness (QED) is 0.850. The van der Waals surface area contributed by atoms with E-state index in [4.69, 9.17) is 4.74 Å². The summed E-state index contributed by atoms with van der Waals surface area (Å²) in [5.41, 5.74) is 2.80. The third-order valence-corrected chi connectivity index (χ3v) is 4.65. The molecule has 0 aromatic heterocycles. The molecule has 136 valence electrons. The maximum absolute atomic E-state index is 12.6. The molecule has 0 unspecified atom stereocenters. The van der Waals surface area contributed by atoms with E-state index in [-0.39, 0.29) is 18.4 Å². The van der Waals surface area contributed by atoms with E-state index in [9.17, 15) is 9.59 Å². The Balaban J connectivity index is 1.51. The van der Waals surface area contributed by atoms with Crippen molar-refractivity contribution in [3.8, 4) is 5.75 Å². The van der Waals surface area contributed by atoms with Gasteiger partial charge in [-0.05, 0) is 43.2 Å². The number of aryl methyl sites for hydroxylation is 2. The van der Waals surface area contributed by atoms with Crippen LogP contribution in [0, 0.1) is 13.8 Å². The van der Waals surface area contributed by atoms with Crippen LogP contribution in [0.15, 0.2) is 48.5 Å². The topological polar surface area (TPSA) is 49.9 Å². The molecular formula is C21H24N2O3. The second kappa shape index (κ2) is 8.04. The number of rotatable bonds is 4. The first kappa shape index (κ1) is 18.0. The van der Waals surface area contributed by atoms with Gasteiger partial charge in [0.25, 0.3) is 11.8 Å². The van der Waals surface area contributed by atoms with Crippen molar-refractivity contribution in [1.82, 2.24) is 9.80 Å². The number of carbonyl (C=O) groups excluding carboxylic acids is 2. The monoisotopic (exact) mass is 352 g/mol. The van der Waals surface area contributed by atoms with E-state index >= 15 is 0 Å². The summed E-state index contributed by atoms with van der Waals surface area (Å²) in [6.07, 6.45) is 0. The summed E-state index contributed by atoms with van der Waals surface area (Å²) in [6.45, 7) is 6.11. The SMILES string of the molecule is Cc1cccc(OCC(=O)N2CCN(C(=O)c3ccccc3C)CC2)c1. The fraction of sp³-hybridized carbons (Fsp3) is 0.333. The summed E-state index contributed by atoms with van der Waals surface area (Å²) >= 11 is 0. The van der Waals surface area contributed by atoms with Crippen molar-refractivity contribution in [2.45, 2.75) is 13.8 Å². The summed E-state index contributed by atoms with van der Waals surface area (Å²) in [5, 5.41) is 0. The van der Waals surface area contributed by atoms with Gasteiger partial charge in [0, 0.05) is 31.7 Å². The molecule has 0 spiro atoms. The molecule has 1 heterocycles. The number of carbonyl (C=O) groups is 2. The van der Waals surface area contributed by atoms with E-state index < -0.39 is 0 Å². The maximum Gasteiger partial charge on any atom is 0.260 e. The Morgan fingerprint density at radius 3 is 2.31 bits per heavy atom. The second-order valence-electron chi connectivity index (χ2n) is 6.59. The summed E-state index contributed by atoms with van der Waals surface area (Å²) in [4.78, 5) is 28.6. The summed E-state index contributed by atoms with van der Waals surface area (Å²) in [5.74, 6) is 0.687. The van der Waals surface area contributed by atoms with Crippen molar-refractivity contribution in [1.29, 1.82) is 0 Å². The van der Waals surface area contributed by atoms with Gasteiger partial charge in [-0.1, -0.05) is 30.3 Å². The molecule has 0 bridgehead atoms. The van der Waals surface area contributed by atoms with E-state index in [2.05, 4.69) is 0 Å². The fourth-order valence-electron chi connectivity index (χ4n) is 3.08. The highest BCUT2D eigenvalue weighted by Gasteiger charge is 2.25. The Kier molecular flexibility index (Phi) is 5.56. The molecule has 2 amide bonds. The first-order valence-electron chi connectivity index (χ1n) is 8.87. The van der Waals surface area contributed by atoms with Gasteiger partial charge < -0.3 is 14.5 Å². The van der Waals surface area contributed by atoms with Gasteiger partial charge in [0.1, 0.15) is 5.75 Å². The zero-order valence-corrected chi connectivity index (χ0v) is 15.3. The zero-order chi connectivity index (χ0) is 18.5. The molecule has 1 fully saturated rings. The number of amides is 2. The molecular weight excluding hydrogens is 328 g/mol. The summed E-state index contributed by atoms with van der Waals surface area (Å²) in [6, 6.07) is 15.2. The Labute approximate surface area is 154 Å². The molecule has 5 heteroatoms. The van der Waals surface area contributed by atoms with Crippen molar-refractivity contribution < 1.29 is 14.3 Å². The molecule has 0 aliphatic carbocycles. The van der Waals surface area contributed by atoms with Crippen molar-refractivity contribution in [3.05, 3.63) is 65.2 Å². The van der Waals surface area contributed by atoms with Crippen LogP contribution in [0.3, 0.4) is 0 Å². The minimum atomic E-state index is -0.0468. The molecule has 1 aliphatic heterocycles. The van der Waals surface area contributed by atoms with Crippen LogP contribution in [0.2, 0.25) is 0 Å². The Morgan fingerprint density at radius 1 is 0.923 bits per heavy atom. The molecule has 0 saturated carbocycles. The van der Waals surface area contributed by atoms with Crippen LogP contribution in [0.25, 0.3) is 0 Å². The fourth-order valence-corrected chi connectivity index (χ4v) is 3.08. The number of benzene rings is 2. The lowest BCUT2D eigenvalue weighted by Gasteiger charge is -2.35. The maximum atomic E-state index is 12.6. The summed E-state index contributed by atoms with van der Waals surface area (Å²) < 4.78 is 5.59. The number of piperazine rings is 1. The predicted octanol–water partition coefficient (Wildman–Crippen LogP) is 2.67. The molecule has 0 N–H and O–H groups in total. The second-order valence-corrected chi connectivity index (χ2v) is 6.59. The lowest BCUT2D eigenvalue weighted by Crippen LogP contribution is -2.51. The summed E-state index contributed by atoms with van der Waals surface area (Å²) in [7, 11) is 0. The molecule has 2 aromatic carbocycles. The minimum Gasteiger partial charge on any atom is -0.484 e. The van der Waals surface area contributed by atoms with E-state index in [1.54, 1.807) is 4.90 Å². The van der Waals surface area contributed by atoms with Crippen LogP contribution in [-0.4, -0.2) is 54.4 Å². The first-order chi connectivity index (χ1) is 12.5. The van der Waals surface area contributed by atoms with Gasteiger partial charge in [-0.3, -0.25) is 9.59 Å². The van der Waals surface area contributed by atoms with Gasteiger partial charge in [-0.15, -0.1) is 0 Å². The molecule has 3 rings (SSSR count). The number of hydrogen-bond acceptors (Lipinski definition) is 3. The van der Waals surface area contributed by atoms with Crippen molar-refractivity contribution in [3.63, 3.8) is 0 Å². The van der Waals surface area contributed by atoms with E-state index in [0.29, 0.717) is 31.9 Å². The van der Waals surface area contributed by atoms with Crippen LogP contribution >= 0.6 is 0 Å². The van der Waals surface area contributed by atoms with Crippen molar-refractivity contribution in [2.24, 2.45) is 0 Å². The Hall–Kier alpha value is -2.82. The van der Waals surface area contributed by atoms with Crippen LogP contribution in [0.5, 0.6) is 5.75 Å². The standard InChI is InChI=1S/C21H24N2O3/c1-16-6-5-8-18(14-16)26-15-20(24)22-10-12-23(13-11-22)21(25)19-9-4-3-7-17(19)2/h3-9,14H,10-13,15H2,1-2H3. The molecule has 1 aliphatic rings. The van der Waals surface area contributed by atoms with Crippen LogP contribution in [0.1, 0.15) is 21.5 Å². The molecule has 1 saturated heterocycles. The van der Waals surface area contributed by atoms with Gasteiger partial charge in [0.05, 0.1) is 0 Å². The van der Waals surface area contributed by atoms with Gasteiger partial charge in [-0.2, -0.15) is 0 Å². The average Bonchev–Trinajstić information content (AvgIpc) is 2.66. The third-order valence-electron chi connectivity index (χ3n) is 4.65. The van der Waals surface area contributed by atoms with Crippen molar-refractivity contribution in [2.75, 3.05) is 32.8 Å². The van der Waals surface area contributed by atoms with Gasteiger partial charge in [0.2, 0.25) is 0 Å². The Morgan fingerprint density at radius 2 is 1.62 bits per heavy atom. The van der Waals surface area contributed by atoms with Crippen LogP contribution in [-0.2, 0) is 4.79 Å². The van der Waals surface area contributed by atoms with Crippen molar-refractivity contribution >= 4 is 11.8 Å². The third kappa shape index (κ3) is 4.23.